The molecule has 0 aliphatic rings. The summed E-state index contributed by atoms with van der Waals surface area (Å²) in [7, 11) is 0. The first-order valence-electron chi connectivity index (χ1n) is 5.93. The van der Waals surface area contributed by atoms with E-state index in [9.17, 15) is 9.18 Å². The molecule has 0 heterocycles. The van der Waals surface area contributed by atoms with Crippen molar-refractivity contribution in [1.82, 2.24) is 0 Å². The number of carboxylic acids is 1. The van der Waals surface area contributed by atoms with Crippen LogP contribution in [0.5, 0.6) is 0 Å². The molecule has 4 heteroatoms. The van der Waals surface area contributed by atoms with Gasteiger partial charge in [0.1, 0.15) is 5.82 Å². The van der Waals surface area contributed by atoms with Crippen LogP contribution in [-0.2, 0) is 17.8 Å². The molecule has 0 saturated carbocycles. The molecule has 2 aromatic carbocycles. The van der Waals surface area contributed by atoms with E-state index in [0.717, 1.165) is 11.1 Å². The normalized spacial score (nSPS) is 10.2. The first-order valence-corrected chi connectivity index (χ1v) is 5.93. The molecule has 0 aromatic heterocycles. The molecule has 19 heavy (non-hydrogen) atoms. The number of hydrogen-bond donors (Lipinski definition) is 2. The Morgan fingerprint density at radius 1 is 1.11 bits per heavy atom. The van der Waals surface area contributed by atoms with E-state index < -0.39 is 5.97 Å². The number of halogens is 1. The maximum Gasteiger partial charge on any atom is 0.307 e. The lowest BCUT2D eigenvalue weighted by atomic mass is 10.0. The lowest BCUT2D eigenvalue weighted by molar-refractivity contribution is -0.136. The third-order valence-corrected chi connectivity index (χ3v) is 2.77. The molecule has 2 rings (SSSR count). The molecule has 0 spiro atoms. The van der Waals surface area contributed by atoms with Gasteiger partial charge in [0, 0.05) is 12.2 Å². The number of rotatable bonds is 5. The minimum Gasteiger partial charge on any atom is -0.481 e. The lowest BCUT2D eigenvalue weighted by Gasteiger charge is -2.10. The van der Waals surface area contributed by atoms with Crippen LogP contribution in [-0.4, -0.2) is 11.1 Å². The second kappa shape index (κ2) is 6.00. The van der Waals surface area contributed by atoms with Crippen LogP contribution in [0.3, 0.4) is 0 Å². The Bertz CT molecular complexity index is 584. The van der Waals surface area contributed by atoms with Gasteiger partial charge in [0.15, 0.2) is 0 Å². The van der Waals surface area contributed by atoms with Crippen LogP contribution >= 0.6 is 0 Å². The SMILES string of the molecule is O=C(O)Cc1ccccc1CNc1cccc(F)c1. The van der Waals surface area contributed by atoms with Gasteiger partial charge in [-0.15, -0.1) is 0 Å². The van der Waals surface area contributed by atoms with Crippen molar-refractivity contribution in [1.29, 1.82) is 0 Å². The van der Waals surface area contributed by atoms with E-state index in [4.69, 9.17) is 5.11 Å². The van der Waals surface area contributed by atoms with Gasteiger partial charge in [-0.2, -0.15) is 0 Å². The molecule has 2 aromatic rings. The molecule has 0 fully saturated rings. The number of carbonyl (C=O) groups is 1. The minimum absolute atomic E-state index is 0.0129. The maximum absolute atomic E-state index is 13.0. The summed E-state index contributed by atoms with van der Waals surface area (Å²) in [6, 6.07) is 13.5. The van der Waals surface area contributed by atoms with Crippen LogP contribution in [0, 0.1) is 5.82 Å². The first-order chi connectivity index (χ1) is 9.15. The van der Waals surface area contributed by atoms with E-state index >= 15 is 0 Å². The Morgan fingerprint density at radius 3 is 2.53 bits per heavy atom. The molecule has 3 nitrogen and oxygen atoms in total. The van der Waals surface area contributed by atoms with Crippen molar-refractivity contribution in [3.63, 3.8) is 0 Å². The molecule has 0 bridgehead atoms. The number of hydrogen-bond acceptors (Lipinski definition) is 2. The van der Waals surface area contributed by atoms with Gasteiger partial charge in [-0.1, -0.05) is 30.3 Å². The van der Waals surface area contributed by atoms with Crippen LogP contribution in [0.1, 0.15) is 11.1 Å². The molecule has 0 radical (unpaired) electrons. The topological polar surface area (TPSA) is 49.3 Å². The average Bonchev–Trinajstić information content (AvgIpc) is 2.37. The van der Waals surface area contributed by atoms with E-state index in [1.165, 1.54) is 12.1 Å². The second-order valence-corrected chi connectivity index (χ2v) is 4.20. The molecule has 0 unspecified atom stereocenters. The minimum atomic E-state index is -0.863. The number of anilines is 1. The van der Waals surface area contributed by atoms with Gasteiger partial charge in [0.25, 0.3) is 0 Å². The van der Waals surface area contributed by atoms with Gasteiger partial charge in [-0.25, -0.2) is 4.39 Å². The van der Waals surface area contributed by atoms with Crippen LogP contribution in [0.2, 0.25) is 0 Å². The highest BCUT2D eigenvalue weighted by Crippen LogP contribution is 2.14. The van der Waals surface area contributed by atoms with Crippen LogP contribution in [0.4, 0.5) is 10.1 Å². The summed E-state index contributed by atoms with van der Waals surface area (Å²) in [5, 5.41) is 11.9. The second-order valence-electron chi connectivity index (χ2n) is 4.20. The summed E-state index contributed by atoms with van der Waals surface area (Å²) >= 11 is 0. The molecule has 0 saturated heterocycles. The third kappa shape index (κ3) is 3.81. The molecule has 0 atom stereocenters. The Balaban J connectivity index is 2.09. The van der Waals surface area contributed by atoms with E-state index in [1.54, 1.807) is 18.2 Å². The first kappa shape index (κ1) is 13.1. The predicted octanol–water partition coefficient (Wildman–Crippen LogP) is 3.06. The standard InChI is InChI=1S/C15H14FNO2/c16-13-6-3-7-14(9-13)17-10-12-5-2-1-4-11(12)8-15(18)19/h1-7,9,17H,8,10H2,(H,18,19). The summed E-state index contributed by atoms with van der Waals surface area (Å²) in [5.74, 6) is -1.16. The van der Waals surface area contributed by atoms with E-state index in [1.807, 2.05) is 18.2 Å². The molecule has 98 valence electrons. The van der Waals surface area contributed by atoms with Gasteiger partial charge in [0.05, 0.1) is 6.42 Å². The predicted molar refractivity (Wildman–Crippen MR) is 71.5 cm³/mol. The van der Waals surface area contributed by atoms with Crippen molar-refractivity contribution in [3.05, 3.63) is 65.5 Å². The van der Waals surface area contributed by atoms with Crippen molar-refractivity contribution in [3.8, 4) is 0 Å². The summed E-state index contributed by atoms with van der Waals surface area (Å²) < 4.78 is 13.0. The van der Waals surface area contributed by atoms with Crippen LogP contribution < -0.4 is 5.32 Å². The highest BCUT2D eigenvalue weighted by molar-refractivity contribution is 5.70. The Morgan fingerprint density at radius 2 is 1.84 bits per heavy atom. The number of aliphatic carboxylic acids is 1. The van der Waals surface area contributed by atoms with Gasteiger partial charge < -0.3 is 10.4 Å². The summed E-state index contributed by atoms with van der Waals surface area (Å²) in [5.41, 5.74) is 2.33. The van der Waals surface area contributed by atoms with Crippen LogP contribution in [0.25, 0.3) is 0 Å². The number of nitrogens with one attached hydrogen (secondary N) is 1. The summed E-state index contributed by atoms with van der Waals surface area (Å²) in [6.45, 7) is 0.465. The van der Waals surface area contributed by atoms with Gasteiger partial charge >= 0.3 is 5.97 Å². The Kier molecular flexibility index (Phi) is 4.13. The van der Waals surface area contributed by atoms with E-state index in [2.05, 4.69) is 5.32 Å². The largest absolute Gasteiger partial charge is 0.481 e. The van der Waals surface area contributed by atoms with Crippen molar-refractivity contribution in [2.24, 2.45) is 0 Å². The third-order valence-electron chi connectivity index (χ3n) is 2.77. The molecule has 0 amide bonds. The van der Waals surface area contributed by atoms with Gasteiger partial charge in [-0.05, 0) is 29.3 Å². The van der Waals surface area contributed by atoms with Crippen molar-refractivity contribution in [2.75, 3.05) is 5.32 Å². The lowest BCUT2D eigenvalue weighted by Crippen LogP contribution is -2.07. The molecule has 2 N–H and O–H groups in total. The van der Waals surface area contributed by atoms with Gasteiger partial charge in [0.2, 0.25) is 0 Å². The van der Waals surface area contributed by atoms with Crippen LogP contribution in [0.15, 0.2) is 48.5 Å². The quantitative estimate of drug-likeness (QED) is 0.867. The number of benzene rings is 2. The Hall–Kier alpha value is -2.36. The highest BCUT2D eigenvalue weighted by atomic mass is 19.1. The van der Waals surface area contributed by atoms with Crippen molar-refractivity contribution < 1.29 is 14.3 Å². The monoisotopic (exact) mass is 259 g/mol. The summed E-state index contributed by atoms with van der Waals surface area (Å²) in [6.07, 6.45) is -0.0129. The summed E-state index contributed by atoms with van der Waals surface area (Å²) in [4.78, 5) is 10.8. The molecular weight excluding hydrogens is 245 g/mol. The molecular formula is C15H14FNO2. The highest BCUT2D eigenvalue weighted by Gasteiger charge is 2.06. The smallest absolute Gasteiger partial charge is 0.307 e. The van der Waals surface area contributed by atoms with Gasteiger partial charge in [-0.3, -0.25) is 4.79 Å². The zero-order chi connectivity index (χ0) is 13.7. The Labute approximate surface area is 110 Å². The molecule has 0 aliphatic carbocycles. The van der Waals surface area contributed by atoms with E-state index in [0.29, 0.717) is 12.2 Å². The average molecular weight is 259 g/mol. The van der Waals surface area contributed by atoms with E-state index in [-0.39, 0.29) is 12.2 Å². The zero-order valence-corrected chi connectivity index (χ0v) is 10.3. The zero-order valence-electron chi connectivity index (χ0n) is 10.3. The fourth-order valence-electron chi connectivity index (χ4n) is 1.86. The fraction of sp³-hybridized carbons (Fsp3) is 0.133. The molecule has 0 aliphatic heterocycles. The van der Waals surface area contributed by atoms with Crippen molar-refractivity contribution >= 4 is 11.7 Å². The number of carboxylic acid groups (broad SMARTS) is 1. The maximum atomic E-state index is 13.0. The fourth-order valence-corrected chi connectivity index (χ4v) is 1.86. The van der Waals surface area contributed by atoms with Crippen molar-refractivity contribution in [2.45, 2.75) is 13.0 Å².